The first kappa shape index (κ1) is 12.7. The molecule has 0 aromatic heterocycles. The van der Waals surface area contributed by atoms with Gasteiger partial charge >= 0.3 is 0 Å². The molecule has 1 unspecified atom stereocenters. The van der Waals surface area contributed by atoms with Crippen molar-refractivity contribution in [2.75, 3.05) is 18.1 Å². The van der Waals surface area contributed by atoms with E-state index >= 15 is 0 Å². The van der Waals surface area contributed by atoms with Crippen LogP contribution in [-0.2, 0) is 6.54 Å². The van der Waals surface area contributed by atoms with Crippen molar-refractivity contribution in [3.63, 3.8) is 0 Å². The summed E-state index contributed by atoms with van der Waals surface area (Å²) in [6.07, 6.45) is 0. The van der Waals surface area contributed by atoms with E-state index in [1.54, 1.807) is 0 Å². The highest BCUT2D eigenvalue weighted by Gasteiger charge is 2.39. The molecule has 0 bridgehead atoms. The summed E-state index contributed by atoms with van der Waals surface area (Å²) in [6.45, 7) is 2.47. The summed E-state index contributed by atoms with van der Waals surface area (Å²) in [6, 6.07) is 18.9. The number of ether oxygens (including phenoxy) is 1. The summed E-state index contributed by atoms with van der Waals surface area (Å²) in [5.41, 5.74) is 2.38. The Bertz CT molecular complexity index is 674. The van der Waals surface area contributed by atoms with Crippen LogP contribution < -0.4 is 9.64 Å². The maximum Gasteiger partial charge on any atom is 0.177 e. The topological polar surface area (TPSA) is 15.7 Å². The maximum absolute atomic E-state index is 5.86. The first-order valence-electron chi connectivity index (χ1n) is 7.17. The third-order valence-corrected chi connectivity index (χ3v) is 4.50. The van der Waals surface area contributed by atoms with Crippen LogP contribution in [0.2, 0.25) is 0 Å². The lowest BCUT2D eigenvalue weighted by Crippen LogP contribution is -2.41. The zero-order valence-electron chi connectivity index (χ0n) is 11.6. The number of thiocarbonyl (C=S) groups is 1. The molecule has 2 aromatic carbocycles. The van der Waals surface area contributed by atoms with Crippen molar-refractivity contribution in [3.8, 4) is 5.75 Å². The van der Waals surface area contributed by atoms with Crippen molar-refractivity contribution in [2.45, 2.75) is 12.6 Å². The predicted molar refractivity (Wildman–Crippen MR) is 87.7 cm³/mol. The van der Waals surface area contributed by atoms with E-state index in [9.17, 15) is 0 Å². The summed E-state index contributed by atoms with van der Waals surface area (Å²) in [7, 11) is 0. The van der Waals surface area contributed by atoms with E-state index in [0.29, 0.717) is 12.6 Å². The summed E-state index contributed by atoms with van der Waals surface area (Å²) in [5.74, 6) is 0.928. The fraction of sp³-hybridized carbons (Fsp3) is 0.235. The SMILES string of the molecule is S=C1N(Cc2ccccc2)CC2COc3ccccc3N12. The number of hydrogen-bond acceptors (Lipinski definition) is 2. The Morgan fingerprint density at radius 2 is 1.81 bits per heavy atom. The first-order valence-corrected chi connectivity index (χ1v) is 7.57. The van der Waals surface area contributed by atoms with Crippen LogP contribution in [0.5, 0.6) is 5.75 Å². The minimum absolute atomic E-state index is 0.316. The zero-order valence-corrected chi connectivity index (χ0v) is 12.4. The molecule has 2 heterocycles. The first-order chi connectivity index (χ1) is 10.3. The third kappa shape index (κ3) is 2.16. The minimum Gasteiger partial charge on any atom is -0.489 e. The number of rotatable bonds is 2. The number of nitrogens with zero attached hydrogens (tertiary/aromatic N) is 2. The molecule has 21 heavy (non-hydrogen) atoms. The molecule has 1 fully saturated rings. The van der Waals surface area contributed by atoms with Crippen LogP contribution in [0, 0.1) is 0 Å². The Balaban J connectivity index is 1.61. The van der Waals surface area contributed by atoms with Gasteiger partial charge in [-0.05, 0) is 29.9 Å². The lowest BCUT2D eigenvalue weighted by molar-refractivity contribution is 0.266. The van der Waals surface area contributed by atoms with Gasteiger partial charge in [0.15, 0.2) is 5.11 Å². The molecule has 0 aliphatic carbocycles. The summed E-state index contributed by atoms with van der Waals surface area (Å²) < 4.78 is 5.86. The second-order valence-electron chi connectivity index (χ2n) is 5.45. The average Bonchev–Trinajstić information content (AvgIpc) is 2.85. The van der Waals surface area contributed by atoms with Gasteiger partial charge in [0.05, 0.1) is 11.7 Å². The van der Waals surface area contributed by atoms with Crippen molar-refractivity contribution in [1.82, 2.24) is 4.90 Å². The molecule has 3 nitrogen and oxygen atoms in total. The van der Waals surface area contributed by atoms with Crippen LogP contribution in [-0.4, -0.2) is 29.2 Å². The Morgan fingerprint density at radius 1 is 1.05 bits per heavy atom. The number of hydrogen-bond donors (Lipinski definition) is 0. The van der Waals surface area contributed by atoms with Crippen LogP contribution >= 0.6 is 12.2 Å². The lowest BCUT2D eigenvalue weighted by atomic mass is 10.2. The van der Waals surface area contributed by atoms with Gasteiger partial charge in [0.1, 0.15) is 12.4 Å². The van der Waals surface area contributed by atoms with E-state index in [1.165, 1.54) is 5.56 Å². The highest BCUT2D eigenvalue weighted by molar-refractivity contribution is 7.80. The van der Waals surface area contributed by atoms with Crippen molar-refractivity contribution in [3.05, 3.63) is 60.2 Å². The molecule has 0 saturated carbocycles. The molecule has 2 aromatic rings. The second-order valence-corrected chi connectivity index (χ2v) is 5.82. The molecule has 1 saturated heterocycles. The fourth-order valence-electron chi connectivity index (χ4n) is 3.05. The number of benzene rings is 2. The average molecular weight is 296 g/mol. The lowest BCUT2D eigenvalue weighted by Gasteiger charge is -2.31. The smallest absolute Gasteiger partial charge is 0.177 e. The van der Waals surface area contributed by atoms with Gasteiger partial charge in [0, 0.05) is 13.1 Å². The number of anilines is 1. The van der Waals surface area contributed by atoms with E-state index in [4.69, 9.17) is 17.0 Å². The maximum atomic E-state index is 5.86. The van der Waals surface area contributed by atoms with Gasteiger partial charge in [-0.25, -0.2) is 0 Å². The Hall–Kier alpha value is -2.07. The molecule has 4 heteroatoms. The van der Waals surface area contributed by atoms with Crippen LogP contribution in [0.25, 0.3) is 0 Å². The molecule has 0 spiro atoms. The van der Waals surface area contributed by atoms with Gasteiger partial charge in [0.25, 0.3) is 0 Å². The molecule has 0 radical (unpaired) electrons. The van der Waals surface area contributed by atoms with Crippen LogP contribution in [0.4, 0.5) is 5.69 Å². The van der Waals surface area contributed by atoms with Gasteiger partial charge in [-0.15, -0.1) is 0 Å². The van der Waals surface area contributed by atoms with Crippen LogP contribution in [0.15, 0.2) is 54.6 Å². The molecule has 0 N–H and O–H groups in total. The Morgan fingerprint density at radius 3 is 2.67 bits per heavy atom. The zero-order chi connectivity index (χ0) is 14.2. The molecule has 0 amide bonds. The largest absolute Gasteiger partial charge is 0.489 e. The summed E-state index contributed by atoms with van der Waals surface area (Å²) in [4.78, 5) is 4.51. The Labute approximate surface area is 129 Å². The van der Waals surface area contributed by atoms with E-state index in [1.807, 2.05) is 24.3 Å². The number of para-hydroxylation sites is 2. The third-order valence-electron chi connectivity index (χ3n) is 4.05. The summed E-state index contributed by atoms with van der Waals surface area (Å²) in [5, 5.41) is 0.902. The van der Waals surface area contributed by atoms with Gasteiger partial charge in [-0.3, -0.25) is 0 Å². The second kappa shape index (κ2) is 5.04. The van der Waals surface area contributed by atoms with Crippen molar-refractivity contribution >= 4 is 23.0 Å². The molecular formula is C17H16N2OS. The van der Waals surface area contributed by atoms with Crippen LogP contribution in [0.3, 0.4) is 0 Å². The van der Waals surface area contributed by atoms with Gasteiger partial charge in [-0.2, -0.15) is 0 Å². The van der Waals surface area contributed by atoms with Crippen LogP contribution in [0.1, 0.15) is 5.56 Å². The van der Waals surface area contributed by atoms with Crippen molar-refractivity contribution in [2.24, 2.45) is 0 Å². The fourth-order valence-corrected chi connectivity index (χ4v) is 3.44. The molecule has 2 aliphatic heterocycles. The van der Waals surface area contributed by atoms with E-state index < -0.39 is 0 Å². The van der Waals surface area contributed by atoms with Crippen molar-refractivity contribution < 1.29 is 4.74 Å². The number of fused-ring (bicyclic) bond motifs is 3. The van der Waals surface area contributed by atoms with Gasteiger partial charge in [0.2, 0.25) is 0 Å². The van der Waals surface area contributed by atoms with E-state index in [0.717, 1.165) is 29.6 Å². The predicted octanol–water partition coefficient (Wildman–Crippen LogP) is 3.05. The quantitative estimate of drug-likeness (QED) is 0.791. The highest BCUT2D eigenvalue weighted by atomic mass is 32.1. The highest BCUT2D eigenvalue weighted by Crippen LogP contribution is 2.37. The summed E-state index contributed by atoms with van der Waals surface area (Å²) >= 11 is 5.71. The molecule has 1 atom stereocenters. The monoisotopic (exact) mass is 296 g/mol. The molecule has 2 aliphatic rings. The standard InChI is InChI=1S/C17H16N2OS/c21-17-18(10-13-6-2-1-3-7-13)11-14-12-20-16-9-5-4-8-15(16)19(14)17/h1-9,14H,10-12H2. The molecular weight excluding hydrogens is 280 g/mol. The molecule has 106 valence electrons. The molecule has 4 rings (SSSR count). The van der Waals surface area contributed by atoms with Gasteiger partial charge < -0.3 is 14.5 Å². The van der Waals surface area contributed by atoms with Crippen molar-refractivity contribution in [1.29, 1.82) is 0 Å². The van der Waals surface area contributed by atoms with E-state index in [2.05, 4.69) is 40.1 Å². The van der Waals surface area contributed by atoms with Gasteiger partial charge in [-0.1, -0.05) is 42.5 Å². The minimum atomic E-state index is 0.316. The normalized spacial score (nSPS) is 20.0. The van der Waals surface area contributed by atoms with E-state index in [-0.39, 0.29) is 0 Å². The Kier molecular flexibility index (Phi) is 3.04.